The minimum Gasteiger partial charge on any atom is -0.390 e. The first-order valence-electron chi connectivity index (χ1n) is 11.0. The molecule has 0 amide bonds. The molecule has 0 bridgehead atoms. The summed E-state index contributed by atoms with van der Waals surface area (Å²) in [5.41, 5.74) is 8.85. The van der Waals surface area contributed by atoms with Gasteiger partial charge in [-0.2, -0.15) is 0 Å². The maximum absolute atomic E-state index is 10.9. The Labute approximate surface area is 191 Å². The number of likely N-dealkylation sites (N-methyl/N-ethyl adjacent to an activating group) is 1. The fraction of sp³-hybridized carbons (Fsp3) is 0.296. The summed E-state index contributed by atoms with van der Waals surface area (Å²) in [5, 5.41) is 9.75. The zero-order chi connectivity index (χ0) is 23.1. The van der Waals surface area contributed by atoms with Crippen molar-refractivity contribution in [1.29, 1.82) is 0 Å². The van der Waals surface area contributed by atoms with E-state index in [0.717, 1.165) is 60.6 Å². The van der Waals surface area contributed by atoms with Crippen LogP contribution in [0.25, 0.3) is 5.70 Å². The highest BCUT2D eigenvalue weighted by atomic mass is 16.1. The quantitative estimate of drug-likeness (QED) is 0.435. The Morgan fingerprint density at radius 3 is 2.50 bits per heavy atom. The smallest absolute Gasteiger partial charge is 0.120 e. The van der Waals surface area contributed by atoms with Crippen molar-refractivity contribution in [1.82, 2.24) is 15.5 Å². The topological polar surface area (TPSA) is 56.4 Å². The molecular weight excluding hydrogens is 396 g/mol. The van der Waals surface area contributed by atoms with Gasteiger partial charge in [-0.25, -0.2) is 0 Å². The average molecular weight is 431 g/mol. The van der Waals surface area contributed by atoms with Gasteiger partial charge in [0.25, 0.3) is 0 Å². The van der Waals surface area contributed by atoms with Crippen LogP contribution in [0.15, 0.2) is 73.6 Å². The van der Waals surface area contributed by atoms with E-state index in [1.54, 1.807) is 0 Å². The summed E-state index contributed by atoms with van der Waals surface area (Å²) >= 11 is 0. The minimum atomic E-state index is 0.0424. The maximum Gasteiger partial charge on any atom is 0.120 e. The molecule has 2 aromatic carbocycles. The summed E-state index contributed by atoms with van der Waals surface area (Å²) < 4.78 is 0. The van der Waals surface area contributed by atoms with Crippen LogP contribution in [-0.2, 0) is 24.3 Å². The van der Waals surface area contributed by atoms with Gasteiger partial charge in [0.15, 0.2) is 0 Å². The van der Waals surface area contributed by atoms with Crippen LogP contribution in [0.5, 0.6) is 0 Å². The van der Waals surface area contributed by atoms with E-state index in [9.17, 15) is 4.79 Å². The number of nitrogens with zero attached hydrogens (tertiary/aromatic N) is 1. The van der Waals surface area contributed by atoms with Crippen molar-refractivity contribution in [2.45, 2.75) is 38.4 Å². The Kier molecular flexibility index (Phi) is 7.77. The van der Waals surface area contributed by atoms with Crippen LogP contribution in [0.1, 0.15) is 35.1 Å². The fourth-order valence-corrected chi connectivity index (χ4v) is 4.14. The lowest BCUT2D eigenvalue weighted by Gasteiger charge is -2.31. The molecule has 1 aliphatic rings. The van der Waals surface area contributed by atoms with Crippen LogP contribution < -0.4 is 16.0 Å². The predicted molar refractivity (Wildman–Crippen MR) is 134 cm³/mol. The van der Waals surface area contributed by atoms with Gasteiger partial charge in [-0.15, -0.1) is 0 Å². The third-order valence-electron chi connectivity index (χ3n) is 6.03. The highest BCUT2D eigenvalue weighted by Gasteiger charge is 2.29. The van der Waals surface area contributed by atoms with Crippen molar-refractivity contribution in [3.63, 3.8) is 0 Å². The molecule has 0 aliphatic carbocycles. The summed E-state index contributed by atoms with van der Waals surface area (Å²) in [6.07, 6.45) is 2.98. The highest BCUT2D eigenvalue weighted by molar-refractivity contribution is 5.70. The van der Waals surface area contributed by atoms with Gasteiger partial charge in [0.2, 0.25) is 0 Å². The molecule has 0 aromatic heterocycles. The molecule has 3 N–H and O–H groups in total. The number of fused-ring (bicyclic) bond motifs is 1. The Balaban J connectivity index is 1.62. The van der Waals surface area contributed by atoms with Gasteiger partial charge in [-0.1, -0.05) is 50.1 Å². The van der Waals surface area contributed by atoms with Crippen LogP contribution >= 0.6 is 0 Å². The summed E-state index contributed by atoms with van der Waals surface area (Å²) in [6, 6.07) is 15.0. The Hall–Kier alpha value is -3.47. The van der Waals surface area contributed by atoms with Crippen molar-refractivity contribution in [2.75, 3.05) is 19.4 Å². The van der Waals surface area contributed by atoms with Gasteiger partial charge in [0.05, 0.1) is 6.04 Å². The van der Waals surface area contributed by atoms with Crippen molar-refractivity contribution in [2.24, 2.45) is 0 Å². The van der Waals surface area contributed by atoms with Crippen LogP contribution in [0, 0.1) is 0 Å². The number of carbonyl (C=O) groups excluding carboxylic acids is 1. The van der Waals surface area contributed by atoms with E-state index < -0.39 is 0 Å². The van der Waals surface area contributed by atoms with E-state index in [0.29, 0.717) is 6.42 Å². The lowest BCUT2D eigenvalue weighted by molar-refractivity contribution is -0.108. The zero-order valence-corrected chi connectivity index (χ0v) is 19.2. The van der Waals surface area contributed by atoms with E-state index in [1.165, 1.54) is 16.7 Å². The third kappa shape index (κ3) is 5.41. The SMILES string of the molecule is C=C(Cc1ccc(NC)cc1)NCc1ccc2c(c1)CN(C(CCC=O)C(=C)NC)C2=C. The Morgan fingerprint density at radius 2 is 1.84 bits per heavy atom. The van der Waals surface area contributed by atoms with Crippen LogP contribution in [-0.4, -0.2) is 31.3 Å². The second kappa shape index (κ2) is 10.7. The van der Waals surface area contributed by atoms with Gasteiger partial charge in [-0.05, 0) is 35.2 Å². The molecule has 1 unspecified atom stereocenters. The molecule has 5 heteroatoms. The lowest BCUT2D eigenvalue weighted by atomic mass is 10.0. The third-order valence-corrected chi connectivity index (χ3v) is 6.03. The fourth-order valence-electron chi connectivity index (χ4n) is 4.14. The lowest BCUT2D eigenvalue weighted by Crippen LogP contribution is -2.35. The average Bonchev–Trinajstić information content (AvgIpc) is 3.13. The van der Waals surface area contributed by atoms with Crippen molar-refractivity contribution in [3.8, 4) is 0 Å². The van der Waals surface area contributed by atoms with E-state index in [2.05, 4.69) is 83.1 Å². The van der Waals surface area contributed by atoms with E-state index in [-0.39, 0.29) is 6.04 Å². The molecule has 0 spiro atoms. The number of hydrogen-bond acceptors (Lipinski definition) is 5. The van der Waals surface area contributed by atoms with Crippen LogP contribution in [0.2, 0.25) is 0 Å². The van der Waals surface area contributed by atoms with Gasteiger partial charge in [0.1, 0.15) is 6.29 Å². The molecular formula is C27H34N4O. The largest absolute Gasteiger partial charge is 0.390 e. The number of allylic oxidation sites excluding steroid dienone is 1. The molecule has 32 heavy (non-hydrogen) atoms. The standard InChI is InChI=1S/C27H34N4O/c1-19(15-22-8-11-25(29-5)12-9-22)30-17-23-10-13-26-21(3)31(18-24(26)16-23)27(7-6-14-32)20(2)28-4/h8-14,16,27-30H,1-3,6-7,15,17-18H2,4-5H3. The highest BCUT2D eigenvalue weighted by Crippen LogP contribution is 2.36. The molecule has 168 valence electrons. The second-order valence-electron chi connectivity index (χ2n) is 8.18. The summed E-state index contributed by atoms with van der Waals surface area (Å²) in [6.45, 7) is 14.2. The number of rotatable bonds is 12. The molecule has 0 fully saturated rings. The molecule has 1 heterocycles. The summed E-state index contributed by atoms with van der Waals surface area (Å²) in [5.74, 6) is 0. The van der Waals surface area contributed by atoms with Crippen molar-refractivity contribution >= 4 is 17.7 Å². The molecule has 5 nitrogen and oxygen atoms in total. The Bertz CT molecular complexity index is 993. The molecule has 0 saturated heterocycles. The van der Waals surface area contributed by atoms with Crippen molar-refractivity contribution in [3.05, 3.63) is 95.8 Å². The first-order valence-corrected chi connectivity index (χ1v) is 11.0. The monoisotopic (exact) mass is 430 g/mol. The molecule has 1 atom stereocenters. The first-order chi connectivity index (χ1) is 15.5. The number of nitrogens with one attached hydrogen (secondary N) is 3. The van der Waals surface area contributed by atoms with Gasteiger partial charge < -0.3 is 25.6 Å². The zero-order valence-electron chi connectivity index (χ0n) is 19.2. The van der Waals surface area contributed by atoms with Gasteiger partial charge in [0, 0.05) is 68.4 Å². The summed E-state index contributed by atoms with van der Waals surface area (Å²) in [4.78, 5) is 13.2. The summed E-state index contributed by atoms with van der Waals surface area (Å²) in [7, 11) is 3.79. The molecule has 0 radical (unpaired) electrons. The minimum absolute atomic E-state index is 0.0424. The van der Waals surface area contributed by atoms with Gasteiger partial charge in [-0.3, -0.25) is 0 Å². The maximum atomic E-state index is 10.9. The predicted octanol–water partition coefficient (Wildman–Crippen LogP) is 4.44. The van der Waals surface area contributed by atoms with E-state index in [1.807, 2.05) is 14.1 Å². The van der Waals surface area contributed by atoms with Gasteiger partial charge >= 0.3 is 0 Å². The Morgan fingerprint density at radius 1 is 1.12 bits per heavy atom. The molecule has 0 saturated carbocycles. The second-order valence-corrected chi connectivity index (χ2v) is 8.18. The van der Waals surface area contributed by atoms with E-state index in [4.69, 9.17) is 0 Å². The normalized spacial score (nSPS) is 13.3. The van der Waals surface area contributed by atoms with Crippen LogP contribution in [0.3, 0.4) is 0 Å². The van der Waals surface area contributed by atoms with Crippen LogP contribution in [0.4, 0.5) is 5.69 Å². The van der Waals surface area contributed by atoms with E-state index >= 15 is 0 Å². The number of aldehydes is 1. The molecule has 1 aliphatic heterocycles. The number of carbonyl (C=O) groups is 1. The molecule has 3 rings (SSSR count). The number of anilines is 1. The first kappa shape index (κ1) is 23.2. The number of hydrogen-bond donors (Lipinski definition) is 3. The van der Waals surface area contributed by atoms with Crippen molar-refractivity contribution < 1.29 is 4.79 Å². The molecule has 2 aromatic rings. The number of benzene rings is 2.